The zero-order valence-corrected chi connectivity index (χ0v) is 18.2. The van der Waals surface area contributed by atoms with Crippen LogP contribution in [0.3, 0.4) is 0 Å². The Bertz CT molecular complexity index is 1160. The van der Waals surface area contributed by atoms with Gasteiger partial charge in [-0.2, -0.15) is 0 Å². The Morgan fingerprint density at radius 3 is 2.94 bits per heavy atom. The van der Waals surface area contributed by atoms with E-state index in [0.717, 1.165) is 31.1 Å². The molecule has 0 aromatic carbocycles. The number of pyridine rings is 2. The topological polar surface area (TPSA) is 145 Å². The molecule has 1 amide bonds. The van der Waals surface area contributed by atoms with Crippen LogP contribution in [0.15, 0.2) is 36.9 Å². The van der Waals surface area contributed by atoms with E-state index in [1.54, 1.807) is 19.3 Å². The average molecular weight is 452 g/mol. The minimum atomic E-state index is -0.726. The molecule has 4 rings (SSSR count). The smallest absolute Gasteiger partial charge is 0.276 e. The van der Waals surface area contributed by atoms with Crippen molar-refractivity contribution >= 4 is 23.0 Å². The van der Waals surface area contributed by atoms with Gasteiger partial charge in [0.15, 0.2) is 11.5 Å². The number of amides is 1. The fourth-order valence-electron chi connectivity index (χ4n) is 3.71. The van der Waals surface area contributed by atoms with Crippen LogP contribution in [0.5, 0.6) is 5.88 Å². The minimum Gasteiger partial charge on any atom is -0.477 e. The Morgan fingerprint density at radius 1 is 1.30 bits per heavy atom. The highest BCUT2D eigenvalue weighted by Crippen LogP contribution is 2.29. The summed E-state index contributed by atoms with van der Waals surface area (Å²) in [6.45, 7) is 3.65. The molecule has 3 aromatic rings. The van der Waals surface area contributed by atoms with Gasteiger partial charge in [-0.3, -0.25) is 14.8 Å². The fraction of sp³-hybridized carbons (Fsp3) is 0.318. The normalized spacial score (nSPS) is 15.8. The second-order valence-corrected chi connectivity index (χ2v) is 7.63. The predicted molar refractivity (Wildman–Crippen MR) is 122 cm³/mol. The second-order valence-electron chi connectivity index (χ2n) is 7.63. The molecule has 5 N–H and O–H groups in total. The summed E-state index contributed by atoms with van der Waals surface area (Å²) in [4.78, 5) is 31.7. The standard InChI is InChI=1S/C22H25FN8O2/c1-2-33-19-11-27-10-17(28-19)20-14(23)8-15(25)21(30-20)22(32)29-16-9-26-6-5-18(16)31-7-3-4-13(24)12-31/h5-6,8-11,13H,2-4,7,12,24-25H2,1H3,(H,29,32)/t13-/m0/s1. The van der Waals surface area contributed by atoms with Gasteiger partial charge in [-0.1, -0.05) is 0 Å². The molecule has 1 saturated heterocycles. The van der Waals surface area contributed by atoms with Crippen LogP contribution >= 0.6 is 0 Å². The van der Waals surface area contributed by atoms with Gasteiger partial charge in [-0.15, -0.1) is 0 Å². The van der Waals surface area contributed by atoms with Crippen molar-refractivity contribution in [2.45, 2.75) is 25.8 Å². The average Bonchev–Trinajstić information content (AvgIpc) is 2.80. The lowest BCUT2D eigenvalue weighted by atomic mass is 10.1. The maximum Gasteiger partial charge on any atom is 0.276 e. The van der Waals surface area contributed by atoms with E-state index in [1.165, 1.54) is 12.4 Å². The number of carbonyl (C=O) groups is 1. The van der Waals surface area contributed by atoms with E-state index in [4.69, 9.17) is 16.2 Å². The number of aromatic nitrogens is 4. The highest BCUT2D eigenvalue weighted by Gasteiger charge is 2.23. The van der Waals surface area contributed by atoms with Gasteiger partial charge in [0.25, 0.3) is 5.91 Å². The van der Waals surface area contributed by atoms with Gasteiger partial charge in [0.1, 0.15) is 11.4 Å². The van der Waals surface area contributed by atoms with Gasteiger partial charge in [-0.25, -0.2) is 14.4 Å². The Morgan fingerprint density at radius 2 is 2.15 bits per heavy atom. The highest BCUT2D eigenvalue weighted by atomic mass is 19.1. The summed E-state index contributed by atoms with van der Waals surface area (Å²) in [5.74, 6) is -1.10. The molecular formula is C22H25FN8O2. The number of nitrogens with one attached hydrogen (secondary N) is 1. The van der Waals surface area contributed by atoms with Gasteiger partial charge in [0, 0.05) is 31.4 Å². The Balaban J connectivity index is 1.64. The molecule has 0 bridgehead atoms. The van der Waals surface area contributed by atoms with E-state index < -0.39 is 11.7 Å². The number of nitrogen functional groups attached to an aromatic ring is 1. The van der Waals surface area contributed by atoms with E-state index in [9.17, 15) is 9.18 Å². The van der Waals surface area contributed by atoms with E-state index in [0.29, 0.717) is 18.8 Å². The number of anilines is 3. The minimum absolute atomic E-state index is 0.0565. The number of piperidine rings is 1. The molecule has 1 fully saturated rings. The summed E-state index contributed by atoms with van der Waals surface area (Å²) in [5.41, 5.74) is 13.1. The molecule has 10 nitrogen and oxygen atoms in total. The molecule has 11 heteroatoms. The van der Waals surface area contributed by atoms with Gasteiger partial charge in [0.05, 0.1) is 42.3 Å². The molecule has 1 atom stereocenters. The molecule has 0 unspecified atom stereocenters. The zero-order valence-electron chi connectivity index (χ0n) is 18.2. The lowest BCUT2D eigenvalue weighted by Gasteiger charge is -2.33. The molecule has 33 heavy (non-hydrogen) atoms. The maximum atomic E-state index is 14.7. The molecule has 3 aromatic heterocycles. The van der Waals surface area contributed by atoms with Gasteiger partial charge < -0.3 is 26.4 Å². The molecular weight excluding hydrogens is 427 g/mol. The number of halogens is 1. The largest absolute Gasteiger partial charge is 0.477 e. The lowest BCUT2D eigenvalue weighted by Crippen LogP contribution is -2.43. The zero-order chi connectivity index (χ0) is 23.4. The van der Waals surface area contributed by atoms with E-state index in [2.05, 4.69) is 30.2 Å². The molecule has 172 valence electrons. The first kappa shape index (κ1) is 22.3. The summed E-state index contributed by atoms with van der Waals surface area (Å²) in [5, 5.41) is 2.80. The van der Waals surface area contributed by atoms with Crippen molar-refractivity contribution in [3.05, 3.63) is 48.4 Å². The van der Waals surface area contributed by atoms with Gasteiger partial charge in [-0.05, 0) is 25.8 Å². The first-order valence-electron chi connectivity index (χ1n) is 10.6. The van der Waals surface area contributed by atoms with Crippen LogP contribution in [0.2, 0.25) is 0 Å². The van der Waals surface area contributed by atoms with E-state index in [1.807, 2.05) is 6.07 Å². The van der Waals surface area contributed by atoms with Crippen LogP contribution in [0.25, 0.3) is 11.4 Å². The molecule has 1 aliphatic rings. The summed E-state index contributed by atoms with van der Waals surface area (Å²) in [6.07, 6.45) is 7.85. The predicted octanol–water partition coefficient (Wildman–Crippen LogP) is 2.23. The third-order valence-electron chi connectivity index (χ3n) is 5.21. The van der Waals surface area contributed by atoms with Crippen molar-refractivity contribution in [1.29, 1.82) is 0 Å². The first-order valence-corrected chi connectivity index (χ1v) is 10.6. The van der Waals surface area contributed by atoms with Crippen molar-refractivity contribution in [1.82, 2.24) is 19.9 Å². The molecule has 0 radical (unpaired) electrons. The summed E-state index contributed by atoms with van der Waals surface area (Å²) >= 11 is 0. The Labute approximate surface area is 190 Å². The Hall–Kier alpha value is -3.86. The number of hydrogen-bond donors (Lipinski definition) is 3. The lowest BCUT2D eigenvalue weighted by molar-refractivity contribution is 0.102. The van der Waals surface area contributed by atoms with Crippen molar-refractivity contribution in [2.75, 3.05) is 35.6 Å². The first-order chi connectivity index (χ1) is 16.0. The van der Waals surface area contributed by atoms with Crippen LogP contribution in [0.4, 0.5) is 21.5 Å². The molecule has 0 saturated carbocycles. The summed E-state index contributed by atoms with van der Waals surface area (Å²) < 4.78 is 20.0. The van der Waals surface area contributed by atoms with Gasteiger partial charge >= 0.3 is 0 Å². The second kappa shape index (κ2) is 9.74. The van der Waals surface area contributed by atoms with Crippen LogP contribution in [0, 0.1) is 5.82 Å². The Kier molecular flexibility index (Phi) is 6.59. The van der Waals surface area contributed by atoms with E-state index >= 15 is 0 Å². The molecule has 0 spiro atoms. The summed E-state index contributed by atoms with van der Waals surface area (Å²) in [6, 6.07) is 2.91. The molecule has 4 heterocycles. The van der Waals surface area contributed by atoms with Crippen molar-refractivity contribution in [3.8, 4) is 17.3 Å². The quantitative estimate of drug-likeness (QED) is 0.512. The monoisotopic (exact) mass is 452 g/mol. The number of carbonyl (C=O) groups excluding carboxylic acids is 1. The van der Waals surface area contributed by atoms with Crippen LogP contribution in [-0.4, -0.2) is 51.6 Å². The van der Waals surface area contributed by atoms with Crippen molar-refractivity contribution in [3.63, 3.8) is 0 Å². The molecule has 0 aliphatic carbocycles. The van der Waals surface area contributed by atoms with Crippen LogP contribution in [0.1, 0.15) is 30.3 Å². The van der Waals surface area contributed by atoms with E-state index in [-0.39, 0.29) is 34.7 Å². The third kappa shape index (κ3) is 4.98. The number of hydrogen-bond acceptors (Lipinski definition) is 9. The summed E-state index contributed by atoms with van der Waals surface area (Å²) in [7, 11) is 0. The van der Waals surface area contributed by atoms with Gasteiger partial charge in [0.2, 0.25) is 5.88 Å². The van der Waals surface area contributed by atoms with Crippen LogP contribution < -0.4 is 26.4 Å². The number of nitrogens with two attached hydrogens (primary N) is 2. The maximum absolute atomic E-state index is 14.7. The SMILES string of the molecule is CCOc1cncc(-c2nc(C(=O)Nc3cnccc3N3CCC[C@H](N)C3)c(N)cc2F)n1. The van der Waals surface area contributed by atoms with Crippen LogP contribution in [-0.2, 0) is 0 Å². The third-order valence-corrected chi connectivity index (χ3v) is 5.21. The highest BCUT2D eigenvalue weighted by molar-refractivity contribution is 6.07. The fourth-order valence-corrected chi connectivity index (χ4v) is 3.71. The number of nitrogens with zero attached hydrogens (tertiary/aromatic N) is 5. The van der Waals surface area contributed by atoms with Crippen molar-refractivity contribution < 1.29 is 13.9 Å². The molecule has 1 aliphatic heterocycles. The number of ether oxygens (including phenoxy) is 1. The number of rotatable bonds is 6. The van der Waals surface area contributed by atoms with Crippen molar-refractivity contribution in [2.24, 2.45) is 5.73 Å².